The van der Waals surface area contributed by atoms with Gasteiger partial charge in [0.2, 0.25) is 0 Å². The standard InChI is InChI=1S/C14H20N4O/c1-5-12-16-13(15-3)10(2)14(17-12)18(4)8-11-6-7-19-9-11/h6-7,9H,5,8H2,1-4H3,(H,15,16,17). The molecule has 0 aliphatic carbocycles. The summed E-state index contributed by atoms with van der Waals surface area (Å²) in [7, 11) is 3.91. The van der Waals surface area contributed by atoms with Gasteiger partial charge in [-0.1, -0.05) is 6.92 Å². The summed E-state index contributed by atoms with van der Waals surface area (Å²) >= 11 is 0. The van der Waals surface area contributed by atoms with Crippen LogP contribution in [0.1, 0.15) is 23.9 Å². The van der Waals surface area contributed by atoms with Crippen LogP contribution in [0.3, 0.4) is 0 Å². The highest BCUT2D eigenvalue weighted by atomic mass is 16.3. The molecule has 0 saturated carbocycles. The van der Waals surface area contributed by atoms with Crippen molar-refractivity contribution in [3.63, 3.8) is 0 Å². The second kappa shape index (κ2) is 5.73. The zero-order chi connectivity index (χ0) is 13.8. The van der Waals surface area contributed by atoms with E-state index in [0.29, 0.717) is 0 Å². The summed E-state index contributed by atoms with van der Waals surface area (Å²) in [5, 5.41) is 3.13. The zero-order valence-corrected chi connectivity index (χ0v) is 11.9. The average molecular weight is 260 g/mol. The lowest BCUT2D eigenvalue weighted by Gasteiger charge is -2.21. The quantitative estimate of drug-likeness (QED) is 0.895. The summed E-state index contributed by atoms with van der Waals surface area (Å²) in [6.07, 6.45) is 4.26. The number of aromatic nitrogens is 2. The Morgan fingerprint density at radius 1 is 1.37 bits per heavy atom. The topological polar surface area (TPSA) is 54.2 Å². The molecule has 0 amide bonds. The van der Waals surface area contributed by atoms with Crippen LogP contribution in [0.2, 0.25) is 0 Å². The van der Waals surface area contributed by atoms with Crippen molar-refractivity contribution in [2.75, 3.05) is 24.3 Å². The molecule has 0 spiro atoms. The van der Waals surface area contributed by atoms with Crippen molar-refractivity contribution in [1.29, 1.82) is 0 Å². The zero-order valence-electron chi connectivity index (χ0n) is 11.9. The summed E-state index contributed by atoms with van der Waals surface area (Å²) < 4.78 is 5.10. The predicted octanol–water partition coefficient (Wildman–Crippen LogP) is 2.62. The van der Waals surface area contributed by atoms with Crippen LogP contribution in [0.5, 0.6) is 0 Å². The Bertz CT molecular complexity index is 537. The second-order valence-corrected chi connectivity index (χ2v) is 4.53. The normalized spacial score (nSPS) is 10.5. The second-order valence-electron chi connectivity index (χ2n) is 4.53. The van der Waals surface area contributed by atoms with E-state index in [1.165, 1.54) is 0 Å². The summed E-state index contributed by atoms with van der Waals surface area (Å²) in [6, 6.07) is 1.97. The summed E-state index contributed by atoms with van der Waals surface area (Å²) in [5.74, 6) is 2.70. The first-order chi connectivity index (χ1) is 9.15. The fourth-order valence-corrected chi connectivity index (χ4v) is 2.05. The van der Waals surface area contributed by atoms with Crippen molar-refractivity contribution >= 4 is 11.6 Å². The Labute approximate surface area is 113 Å². The van der Waals surface area contributed by atoms with Gasteiger partial charge in [0.15, 0.2) is 0 Å². The van der Waals surface area contributed by atoms with Crippen molar-refractivity contribution in [3.8, 4) is 0 Å². The lowest BCUT2D eigenvalue weighted by molar-refractivity contribution is 0.563. The van der Waals surface area contributed by atoms with Crippen molar-refractivity contribution in [2.24, 2.45) is 0 Å². The minimum absolute atomic E-state index is 0.765. The van der Waals surface area contributed by atoms with E-state index in [1.807, 2.05) is 27.1 Å². The van der Waals surface area contributed by atoms with E-state index in [-0.39, 0.29) is 0 Å². The molecule has 0 aliphatic rings. The highest BCUT2D eigenvalue weighted by Gasteiger charge is 2.13. The molecule has 0 fully saturated rings. The molecular formula is C14H20N4O. The maximum absolute atomic E-state index is 5.10. The monoisotopic (exact) mass is 260 g/mol. The molecule has 0 aliphatic heterocycles. The molecule has 0 bridgehead atoms. The molecule has 2 aromatic rings. The van der Waals surface area contributed by atoms with E-state index in [0.717, 1.165) is 41.6 Å². The molecule has 2 aromatic heterocycles. The minimum Gasteiger partial charge on any atom is -0.472 e. The summed E-state index contributed by atoms with van der Waals surface area (Å²) in [6.45, 7) is 4.86. The van der Waals surface area contributed by atoms with Crippen molar-refractivity contribution in [2.45, 2.75) is 26.8 Å². The van der Waals surface area contributed by atoms with Gasteiger partial charge in [0.05, 0.1) is 12.5 Å². The van der Waals surface area contributed by atoms with Crippen LogP contribution in [0.4, 0.5) is 11.6 Å². The van der Waals surface area contributed by atoms with E-state index in [2.05, 4.69) is 27.1 Å². The number of aryl methyl sites for hydroxylation is 1. The van der Waals surface area contributed by atoms with Gasteiger partial charge in [0.1, 0.15) is 17.5 Å². The SMILES string of the molecule is CCc1nc(NC)c(C)c(N(C)Cc2ccoc2)n1. The Hall–Kier alpha value is -2.04. The average Bonchev–Trinajstić information content (AvgIpc) is 2.91. The molecule has 2 rings (SSSR count). The molecule has 1 N–H and O–H groups in total. The van der Waals surface area contributed by atoms with Gasteiger partial charge in [-0.15, -0.1) is 0 Å². The number of hydrogen-bond acceptors (Lipinski definition) is 5. The van der Waals surface area contributed by atoms with Crippen molar-refractivity contribution < 1.29 is 4.42 Å². The number of nitrogens with one attached hydrogen (secondary N) is 1. The fraction of sp³-hybridized carbons (Fsp3) is 0.429. The Kier molecular flexibility index (Phi) is 4.04. The maximum atomic E-state index is 5.10. The lowest BCUT2D eigenvalue weighted by atomic mass is 10.2. The van der Waals surface area contributed by atoms with Crippen LogP contribution in [0.25, 0.3) is 0 Å². The molecule has 0 saturated heterocycles. The third kappa shape index (κ3) is 2.86. The van der Waals surface area contributed by atoms with Crippen LogP contribution >= 0.6 is 0 Å². The highest BCUT2D eigenvalue weighted by molar-refractivity contribution is 5.58. The van der Waals surface area contributed by atoms with E-state index in [1.54, 1.807) is 12.5 Å². The van der Waals surface area contributed by atoms with Gasteiger partial charge in [-0.05, 0) is 13.0 Å². The Morgan fingerprint density at radius 3 is 2.74 bits per heavy atom. The summed E-state index contributed by atoms with van der Waals surface area (Å²) in [4.78, 5) is 11.2. The number of rotatable bonds is 5. The molecule has 0 radical (unpaired) electrons. The summed E-state index contributed by atoms with van der Waals surface area (Å²) in [5.41, 5.74) is 2.19. The molecular weight excluding hydrogens is 240 g/mol. The van der Waals surface area contributed by atoms with Gasteiger partial charge in [0, 0.05) is 38.2 Å². The van der Waals surface area contributed by atoms with Gasteiger partial charge in [-0.3, -0.25) is 0 Å². The van der Waals surface area contributed by atoms with Crippen molar-refractivity contribution in [3.05, 3.63) is 35.5 Å². The third-order valence-electron chi connectivity index (χ3n) is 3.08. The van der Waals surface area contributed by atoms with Gasteiger partial charge < -0.3 is 14.6 Å². The van der Waals surface area contributed by atoms with Gasteiger partial charge in [-0.2, -0.15) is 0 Å². The fourth-order valence-electron chi connectivity index (χ4n) is 2.05. The van der Waals surface area contributed by atoms with Crippen LogP contribution in [0, 0.1) is 6.92 Å². The number of anilines is 2. The predicted molar refractivity (Wildman–Crippen MR) is 76.5 cm³/mol. The van der Waals surface area contributed by atoms with Crippen LogP contribution in [0.15, 0.2) is 23.0 Å². The highest BCUT2D eigenvalue weighted by Crippen LogP contribution is 2.24. The Morgan fingerprint density at radius 2 is 2.16 bits per heavy atom. The first kappa shape index (κ1) is 13.4. The van der Waals surface area contributed by atoms with Crippen molar-refractivity contribution in [1.82, 2.24) is 9.97 Å². The molecule has 5 nitrogen and oxygen atoms in total. The van der Waals surface area contributed by atoms with E-state index < -0.39 is 0 Å². The van der Waals surface area contributed by atoms with Gasteiger partial charge in [-0.25, -0.2) is 9.97 Å². The van der Waals surface area contributed by atoms with Crippen LogP contribution in [-0.4, -0.2) is 24.1 Å². The number of furan rings is 1. The number of hydrogen-bond donors (Lipinski definition) is 1. The lowest BCUT2D eigenvalue weighted by Crippen LogP contribution is -2.20. The minimum atomic E-state index is 0.765. The smallest absolute Gasteiger partial charge is 0.137 e. The van der Waals surface area contributed by atoms with Crippen LogP contribution < -0.4 is 10.2 Å². The number of nitrogens with zero attached hydrogens (tertiary/aromatic N) is 3. The van der Waals surface area contributed by atoms with Gasteiger partial charge in [0.25, 0.3) is 0 Å². The molecule has 0 aromatic carbocycles. The molecule has 5 heteroatoms. The first-order valence-corrected chi connectivity index (χ1v) is 6.43. The molecule has 2 heterocycles. The largest absolute Gasteiger partial charge is 0.472 e. The van der Waals surface area contributed by atoms with E-state index >= 15 is 0 Å². The molecule has 19 heavy (non-hydrogen) atoms. The third-order valence-corrected chi connectivity index (χ3v) is 3.08. The molecule has 102 valence electrons. The van der Waals surface area contributed by atoms with E-state index in [9.17, 15) is 0 Å². The Balaban J connectivity index is 2.31. The molecule has 0 atom stereocenters. The molecule has 0 unspecified atom stereocenters. The van der Waals surface area contributed by atoms with E-state index in [4.69, 9.17) is 4.42 Å². The maximum Gasteiger partial charge on any atom is 0.137 e. The first-order valence-electron chi connectivity index (χ1n) is 6.43. The van der Waals surface area contributed by atoms with Crippen LogP contribution in [-0.2, 0) is 13.0 Å². The van der Waals surface area contributed by atoms with Gasteiger partial charge >= 0.3 is 0 Å².